The molecule has 0 spiro atoms. The molecule has 1 heterocycles. The summed E-state index contributed by atoms with van der Waals surface area (Å²) in [6, 6.07) is 0. The van der Waals surface area contributed by atoms with Gasteiger partial charge in [0.2, 0.25) is 0 Å². The van der Waals surface area contributed by atoms with Crippen molar-refractivity contribution < 1.29 is 4.79 Å². The Morgan fingerprint density at radius 3 is 2.87 bits per heavy atom. The lowest BCUT2D eigenvalue weighted by Gasteiger charge is -1.96. The molecule has 0 aliphatic heterocycles. The number of rotatable bonds is 7. The van der Waals surface area contributed by atoms with Crippen LogP contribution in [0.1, 0.15) is 38.9 Å². The highest BCUT2D eigenvalue weighted by molar-refractivity contribution is 8.00. The highest BCUT2D eigenvalue weighted by Crippen LogP contribution is 2.21. The number of Topliss-reactive ketones (excluding diaryl/α,β-unsaturated/α-hetero) is 1. The first-order valence-electron chi connectivity index (χ1n) is 5.23. The van der Waals surface area contributed by atoms with Crippen LogP contribution in [0.5, 0.6) is 0 Å². The summed E-state index contributed by atoms with van der Waals surface area (Å²) in [7, 11) is 0. The quantitative estimate of drug-likeness (QED) is 0.546. The van der Waals surface area contributed by atoms with E-state index < -0.39 is 0 Å². The summed E-state index contributed by atoms with van der Waals surface area (Å²) in [5.41, 5.74) is 0. The molecule has 0 atom stereocenters. The topological polar surface area (TPSA) is 42.9 Å². The maximum atomic E-state index is 11.0. The average molecular weight is 244 g/mol. The van der Waals surface area contributed by atoms with E-state index in [-0.39, 0.29) is 0 Å². The molecule has 1 rings (SSSR count). The number of carbonyl (C=O) groups is 1. The van der Waals surface area contributed by atoms with Crippen LogP contribution in [0.2, 0.25) is 0 Å². The van der Waals surface area contributed by atoms with Gasteiger partial charge in [-0.05, 0) is 18.0 Å². The van der Waals surface area contributed by atoms with Crippen molar-refractivity contribution in [1.82, 2.24) is 9.36 Å². The van der Waals surface area contributed by atoms with Crippen molar-refractivity contribution in [3.8, 4) is 0 Å². The molecule has 0 bridgehead atoms. The van der Waals surface area contributed by atoms with Gasteiger partial charge in [0, 0.05) is 25.0 Å². The molecule has 5 heteroatoms. The number of carbonyl (C=O) groups excluding carboxylic acids is 1. The van der Waals surface area contributed by atoms with Crippen molar-refractivity contribution in [2.75, 3.05) is 5.75 Å². The van der Waals surface area contributed by atoms with E-state index in [0.717, 1.165) is 28.8 Å². The van der Waals surface area contributed by atoms with Crippen LogP contribution >= 0.6 is 23.3 Å². The fourth-order valence-corrected chi connectivity index (χ4v) is 2.75. The van der Waals surface area contributed by atoms with Crippen LogP contribution in [-0.4, -0.2) is 20.9 Å². The Kier molecular flexibility index (Phi) is 5.86. The fourth-order valence-electron chi connectivity index (χ4n) is 1.05. The summed E-state index contributed by atoms with van der Waals surface area (Å²) in [5, 5.41) is 0. The zero-order valence-electron chi connectivity index (χ0n) is 9.15. The largest absolute Gasteiger partial charge is 0.300 e. The number of nitrogens with zero attached hydrogens (tertiary/aromatic N) is 2. The van der Waals surface area contributed by atoms with Gasteiger partial charge in [0.05, 0.1) is 0 Å². The molecule has 1 aromatic rings. The maximum absolute atomic E-state index is 11.0. The Bertz CT molecular complexity index is 312. The van der Waals surface area contributed by atoms with Crippen molar-refractivity contribution in [3.05, 3.63) is 5.82 Å². The molecule has 84 valence electrons. The summed E-state index contributed by atoms with van der Waals surface area (Å²) < 4.78 is 5.23. The molecule has 0 saturated heterocycles. The van der Waals surface area contributed by atoms with E-state index in [1.165, 1.54) is 11.5 Å². The van der Waals surface area contributed by atoms with Gasteiger partial charge < -0.3 is 0 Å². The van der Waals surface area contributed by atoms with Gasteiger partial charge >= 0.3 is 0 Å². The maximum Gasteiger partial charge on any atom is 0.170 e. The molecule has 0 radical (unpaired) electrons. The molecule has 0 aromatic carbocycles. The van der Waals surface area contributed by atoms with Crippen LogP contribution in [0, 0.1) is 0 Å². The van der Waals surface area contributed by atoms with Crippen LogP contribution in [0.25, 0.3) is 0 Å². The highest BCUT2D eigenvalue weighted by Gasteiger charge is 2.03. The molecule has 0 aliphatic rings. The molecular weight excluding hydrogens is 228 g/mol. The second kappa shape index (κ2) is 6.95. The molecule has 0 saturated carbocycles. The monoisotopic (exact) mass is 244 g/mol. The minimum atomic E-state index is 0.349. The van der Waals surface area contributed by atoms with Crippen LogP contribution in [-0.2, 0) is 11.2 Å². The average Bonchev–Trinajstić information content (AvgIpc) is 2.72. The SMILES string of the molecule is CCC(=O)CCCSc1nc(CC)ns1. The first-order valence-corrected chi connectivity index (χ1v) is 6.99. The third kappa shape index (κ3) is 4.75. The zero-order chi connectivity index (χ0) is 11.1. The molecule has 0 unspecified atom stereocenters. The van der Waals surface area contributed by atoms with Crippen molar-refractivity contribution in [1.29, 1.82) is 0 Å². The predicted octanol–water partition coefficient (Wildman–Crippen LogP) is 2.95. The molecule has 0 amide bonds. The summed E-state index contributed by atoms with van der Waals surface area (Å²) >= 11 is 3.16. The van der Waals surface area contributed by atoms with Crippen LogP contribution in [0.3, 0.4) is 0 Å². The first-order chi connectivity index (χ1) is 7.26. The second-order valence-corrected chi connectivity index (χ2v) is 5.27. The zero-order valence-corrected chi connectivity index (χ0v) is 10.8. The van der Waals surface area contributed by atoms with Gasteiger partial charge in [-0.1, -0.05) is 25.6 Å². The minimum absolute atomic E-state index is 0.349. The normalized spacial score (nSPS) is 10.5. The minimum Gasteiger partial charge on any atom is -0.300 e. The van der Waals surface area contributed by atoms with Gasteiger partial charge in [0.15, 0.2) is 4.34 Å². The summed E-state index contributed by atoms with van der Waals surface area (Å²) in [4.78, 5) is 15.4. The Hall–Kier alpha value is -0.420. The number of hydrogen-bond donors (Lipinski definition) is 0. The van der Waals surface area contributed by atoms with E-state index in [2.05, 4.69) is 16.3 Å². The van der Waals surface area contributed by atoms with Crippen LogP contribution in [0.15, 0.2) is 4.34 Å². The molecular formula is C10H16N2OS2. The van der Waals surface area contributed by atoms with Gasteiger partial charge in [0.25, 0.3) is 0 Å². The first kappa shape index (κ1) is 12.6. The third-order valence-electron chi connectivity index (χ3n) is 1.99. The molecule has 0 aliphatic carbocycles. The van der Waals surface area contributed by atoms with Gasteiger partial charge in [-0.25, -0.2) is 4.98 Å². The van der Waals surface area contributed by atoms with Crippen molar-refractivity contribution in [2.24, 2.45) is 0 Å². The lowest BCUT2D eigenvalue weighted by molar-refractivity contribution is -0.118. The Morgan fingerprint density at radius 2 is 2.27 bits per heavy atom. The van der Waals surface area contributed by atoms with Crippen LogP contribution in [0.4, 0.5) is 0 Å². The smallest absolute Gasteiger partial charge is 0.170 e. The van der Waals surface area contributed by atoms with Crippen LogP contribution < -0.4 is 0 Å². The number of ketones is 1. The van der Waals surface area contributed by atoms with E-state index in [4.69, 9.17) is 0 Å². The van der Waals surface area contributed by atoms with E-state index in [9.17, 15) is 4.79 Å². The highest BCUT2D eigenvalue weighted by atomic mass is 32.2. The van der Waals surface area contributed by atoms with Gasteiger partial charge in [0.1, 0.15) is 11.6 Å². The molecule has 3 nitrogen and oxygen atoms in total. The number of aryl methyl sites for hydroxylation is 1. The van der Waals surface area contributed by atoms with Gasteiger partial charge in [-0.15, -0.1) is 0 Å². The van der Waals surface area contributed by atoms with Crippen molar-refractivity contribution in [3.63, 3.8) is 0 Å². The summed E-state index contributed by atoms with van der Waals surface area (Å²) in [5.74, 6) is 2.23. The lowest BCUT2D eigenvalue weighted by atomic mass is 10.2. The number of thioether (sulfide) groups is 1. The van der Waals surface area contributed by atoms with E-state index in [1.807, 2.05) is 6.92 Å². The summed E-state index contributed by atoms with van der Waals surface area (Å²) in [6.45, 7) is 3.96. The molecule has 0 fully saturated rings. The van der Waals surface area contributed by atoms with Gasteiger partial charge in [-0.2, -0.15) is 4.37 Å². The molecule has 1 aromatic heterocycles. The molecule has 15 heavy (non-hydrogen) atoms. The number of aromatic nitrogens is 2. The van der Waals surface area contributed by atoms with E-state index >= 15 is 0 Å². The Balaban J connectivity index is 2.17. The molecule has 0 N–H and O–H groups in total. The predicted molar refractivity (Wildman–Crippen MR) is 64.5 cm³/mol. The van der Waals surface area contributed by atoms with E-state index in [1.54, 1.807) is 11.8 Å². The van der Waals surface area contributed by atoms with Crippen molar-refractivity contribution >= 4 is 29.1 Å². The van der Waals surface area contributed by atoms with E-state index in [0.29, 0.717) is 18.6 Å². The lowest BCUT2D eigenvalue weighted by Crippen LogP contribution is -1.95. The Labute approximate surface area is 98.9 Å². The third-order valence-corrected chi connectivity index (χ3v) is 3.94. The fraction of sp³-hybridized carbons (Fsp3) is 0.700. The van der Waals surface area contributed by atoms with Gasteiger partial charge in [-0.3, -0.25) is 4.79 Å². The standard InChI is InChI=1S/C10H16N2OS2/c1-3-8(13)6-5-7-14-10-11-9(4-2)12-15-10/h3-7H2,1-2H3. The summed E-state index contributed by atoms with van der Waals surface area (Å²) in [6.07, 6.45) is 3.19. The second-order valence-electron chi connectivity index (χ2n) is 3.17. The Morgan fingerprint density at radius 1 is 1.47 bits per heavy atom. The van der Waals surface area contributed by atoms with Crippen molar-refractivity contribution in [2.45, 2.75) is 43.9 Å². The number of hydrogen-bond acceptors (Lipinski definition) is 5.